The minimum absolute atomic E-state index is 0.191. The topological polar surface area (TPSA) is 63.6 Å². The fourth-order valence-corrected chi connectivity index (χ4v) is 3.76. The Morgan fingerprint density at radius 3 is 2.62 bits per heavy atom. The van der Waals surface area contributed by atoms with Gasteiger partial charge in [-0.1, -0.05) is 35.3 Å². The summed E-state index contributed by atoms with van der Waals surface area (Å²) in [7, 11) is 0. The van der Waals surface area contributed by atoms with E-state index >= 15 is 0 Å². The molecule has 7 heteroatoms. The molecule has 2 aromatic carbocycles. The molecule has 3 heterocycles. The maximum absolute atomic E-state index is 13.3. The van der Waals surface area contributed by atoms with Crippen molar-refractivity contribution >= 4 is 50.9 Å². The SMILES string of the molecule is O=C(c1nc2ccncc2[nH]1)c1cn(Cc2ccc(Cl)cc2)c2ccc(Cl)cc12. The lowest BCUT2D eigenvalue weighted by atomic mass is 10.1. The molecule has 0 fully saturated rings. The summed E-state index contributed by atoms with van der Waals surface area (Å²) in [5.41, 5.74) is 3.97. The van der Waals surface area contributed by atoms with Crippen molar-refractivity contribution in [1.82, 2.24) is 19.5 Å². The van der Waals surface area contributed by atoms with Gasteiger partial charge in [-0.05, 0) is 42.0 Å². The number of fused-ring (bicyclic) bond motifs is 2. The first-order valence-electron chi connectivity index (χ1n) is 8.96. The summed E-state index contributed by atoms with van der Waals surface area (Å²) in [4.78, 5) is 24.8. The van der Waals surface area contributed by atoms with Gasteiger partial charge in [0.15, 0.2) is 5.82 Å². The van der Waals surface area contributed by atoms with Crippen molar-refractivity contribution in [1.29, 1.82) is 0 Å². The van der Waals surface area contributed by atoms with Gasteiger partial charge in [0.25, 0.3) is 0 Å². The van der Waals surface area contributed by atoms with Crippen molar-refractivity contribution in [2.75, 3.05) is 0 Å². The van der Waals surface area contributed by atoms with Crippen LogP contribution in [0.2, 0.25) is 10.0 Å². The molecule has 0 aliphatic carbocycles. The van der Waals surface area contributed by atoms with Crippen LogP contribution < -0.4 is 0 Å². The number of ketones is 1. The second kappa shape index (κ2) is 7.03. The highest BCUT2D eigenvalue weighted by atomic mass is 35.5. The predicted octanol–water partition coefficient (Wildman–Crippen LogP) is 5.50. The quantitative estimate of drug-likeness (QED) is 0.390. The van der Waals surface area contributed by atoms with Crippen LogP contribution in [0.15, 0.2) is 67.1 Å². The molecule has 0 atom stereocenters. The van der Waals surface area contributed by atoms with E-state index in [1.165, 1.54) is 0 Å². The van der Waals surface area contributed by atoms with Crippen molar-refractivity contribution in [3.05, 3.63) is 94.1 Å². The average molecular weight is 421 g/mol. The number of aromatic amines is 1. The minimum atomic E-state index is -0.191. The summed E-state index contributed by atoms with van der Waals surface area (Å²) >= 11 is 12.2. The highest BCUT2D eigenvalue weighted by Crippen LogP contribution is 2.28. The first-order chi connectivity index (χ1) is 14.1. The zero-order chi connectivity index (χ0) is 20.0. The van der Waals surface area contributed by atoms with E-state index in [0.29, 0.717) is 27.7 Å². The third-order valence-corrected chi connectivity index (χ3v) is 5.34. The van der Waals surface area contributed by atoms with E-state index in [-0.39, 0.29) is 11.6 Å². The fraction of sp³-hybridized carbons (Fsp3) is 0.0455. The Morgan fingerprint density at radius 2 is 1.83 bits per heavy atom. The molecule has 0 aliphatic heterocycles. The predicted molar refractivity (Wildman–Crippen MR) is 115 cm³/mol. The minimum Gasteiger partial charge on any atom is -0.342 e. The normalized spacial score (nSPS) is 11.4. The number of aromatic nitrogens is 4. The molecular formula is C22H14Cl2N4O. The number of hydrogen-bond acceptors (Lipinski definition) is 3. The Kier molecular flexibility index (Phi) is 4.34. The molecule has 5 aromatic rings. The first-order valence-corrected chi connectivity index (χ1v) is 9.71. The van der Waals surface area contributed by atoms with Crippen LogP contribution >= 0.6 is 23.2 Å². The molecule has 1 N–H and O–H groups in total. The summed E-state index contributed by atoms with van der Waals surface area (Å²) < 4.78 is 2.03. The third kappa shape index (κ3) is 3.28. The van der Waals surface area contributed by atoms with Crippen molar-refractivity contribution in [2.45, 2.75) is 6.54 Å². The number of imidazole rings is 1. The molecule has 0 spiro atoms. The maximum Gasteiger partial charge on any atom is 0.230 e. The van der Waals surface area contributed by atoms with E-state index in [1.807, 2.05) is 53.2 Å². The fourth-order valence-electron chi connectivity index (χ4n) is 3.46. The Morgan fingerprint density at radius 1 is 1.03 bits per heavy atom. The van der Waals surface area contributed by atoms with Crippen LogP contribution in [-0.2, 0) is 6.54 Å². The average Bonchev–Trinajstić information content (AvgIpc) is 3.31. The van der Waals surface area contributed by atoms with E-state index in [1.54, 1.807) is 18.5 Å². The van der Waals surface area contributed by atoms with Crippen molar-refractivity contribution in [3.63, 3.8) is 0 Å². The molecule has 0 unspecified atom stereocenters. The zero-order valence-corrected chi connectivity index (χ0v) is 16.6. The standard InChI is InChI=1S/C22H14Cl2N4O/c23-14-3-1-13(2-4-14)11-28-12-17(16-9-15(24)5-6-20(16)28)21(29)22-26-18-7-8-25-10-19(18)27-22/h1-10,12H,11H2,(H,26,27). The largest absolute Gasteiger partial charge is 0.342 e. The van der Waals surface area contributed by atoms with E-state index in [9.17, 15) is 4.79 Å². The van der Waals surface area contributed by atoms with Gasteiger partial charge >= 0.3 is 0 Å². The van der Waals surface area contributed by atoms with Crippen LogP contribution in [0.1, 0.15) is 21.7 Å². The Bertz CT molecular complexity index is 1340. The molecule has 142 valence electrons. The van der Waals surface area contributed by atoms with E-state index in [2.05, 4.69) is 15.0 Å². The molecule has 0 saturated heterocycles. The summed E-state index contributed by atoms with van der Waals surface area (Å²) in [6.07, 6.45) is 5.15. The number of nitrogens with one attached hydrogen (secondary N) is 1. The van der Waals surface area contributed by atoms with Gasteiger partial charge in [0.05, 0.1) is 22.8 Å². The smallest absolute Gasteiger partial charge is 0.230 e. The number of nitrogens with zero attached hydrogens (tertiary/aromatic N) is 3. The summed E-state index contributed by atoms with van der Waals surface area (Å²) in [5.74, 6) is 0.0850. The van der Waals surface area contributed by atoms with Crippen LogP contribution in [0.25, 0.3) is 21.9 Å². The maximum atomic E-state index is 13.3. The Labute approximate surface area is 175 Å². The molecule has 3 aromatic heterocycles. The second-order valence-corrected chi connectivity index (χ2v) is 7.64. The van der Waals surface area contributed by atoms with Crippen LogP contribution in [0.5, 0.6) is 0 Å². The lowest BCUT2D eigenvalue weighted by molar-refractivity contribution is 0.103. The molecular weight excluding hydrogens is 407 g/mol. The van der Waals surface area contributed by atoms with Crippen LogP contribution in [0, 0.1) is 0 Å². The van der Waals surface area contributed by atoms with Gasteiger partial charge in [-0.2, -0.15) is 0 Å². The van der Waals surface area contributed by atoms with Crippen LogP contribution in [0.4, 0.5) is 0 Å². The number of benzene rings is 2. The van der Waals surface area contributed by atoms with Gasteiger partial charge in [0, 0.05) is 39.9 Å². The zero-order valence-electron chi connectivity index (χ0n) is 15.1. The van der Waals surface area contributed by atoms with Gasteiger partial charge in [-0.15, -0.1) is 0 Å². The van der Waals surface area contributed by atoms with Gasteiger partial charge in [0.1, 0.15) is 0 Å². The Hall–Kier alpha value is -3.15. The number of rotatable bonds is 4. The van der Waals surface area contributed by atoms with E-state index in [0.717, 1.165) is 22.0 Å². The summed E-state index contributed by atoms with van der Waals surface area (Å²) in [6.45, 7) is 0.604. The van der Waals surface area contributed by atoms with E-state index in [4.69, 9.17) is 23.2 Å². The third-order valence-electron chi connectivity index (χ3n) is 4.85. The number of pyridine rings is 1. The molecule has 0 radical (unpaired) electrons. The number of halogens is 2. The summed E-state index contributed by atoms with van der Waals surface area (Å²) in [6, 6.07) is 15.0. The van der Waals surface area contributed by atoms with E-state index < -0.39 is 0 Å². The Balaban J connectivity index is 1.61. The lowest BCUT2D eigenvalue weighted by Gasteiger charge is -2.06. The monoisotopic (exact) mass is 420 g/mol. The molecule has 0 bridgehead atoms. The van der Waals surface area contributed by atoms with Gasteiger partial charge in [0.2, 0.25) is 5.78 Å². The molecule has 5 rings (SSSR count). The highest BCUT2D eigenvalue weighted by Gasteiger charge is 2.20. The van der Waals surface area contributed by atoms with Crippen LogP contribution in [0.3, 0.4) is 0 Å². The first kappa shape index (κ1) is 17.9. The van der Waals surface area contributed by atoms with Crippen LogP contribution in [-0.4, -0.2) is 25.3 Å². The number of carbonyl (C=O) groups excluding carboxylic acids is 1. The van der Waals surface area contributed by atoms with Crippen molar-refractivity contribution in [3.8, 4) is 0 Å². The lowest BCUT2D eigenvalue weighted by Crippen LogP contribution is -2.03. The number of carbonyl (C=O) groups is 1. The van der Waals surface area contributed by atoms with Gasteiger partial charge in [-0.3, -0.25) is 9.78 Å². The van der Waals surface area contributed by atoms with Crippen molar-refractivity contribution in [2.24, 2.45) is 0 Å². The molecule has 0 saturated carbocycles. The molecule has 5 nitrogen and oxygen atoms in total. The second-order valence-electron chi connectivity index (χ2n) is 6.77. The number of hydrogen-bond donors (Lipinski definition) is 1. The summed E-state index contributed by atoms with van der Waals surface area (Å²) in [5, 5.41) is 2.05. The highest BCUT2D eigenvalue weighted by molar-refractivity contribution is 6.31. The molecule has 29 heavy (non-hydrogen) atoms. The number of H-pyrrole nitrogens is 1. The van der Waals surface area contributed by atoms with Gasteiger partial charge < -0.3 is 9.55 Å². The van der Waals surface area contributed by atoms with Gasteiger partial charge in [-0.25, -0.2) is 4.98 Å². The molecule has 0 aliphatic rings. The van der Waals surface area contributed by atoms with Crippen molar-refractivity contribution < 1.29 is 4.79 Å². The molecule has 0 amide bonds.